The van der Waals surface area contributed by atoms with Crippen LogP contribution in [0.5, 0.6) is 0 Å². The van der Waals surface area contributed by atoms with E-state index >= 15 is 0 Å². The van der Waals surface area contributed by atoms with Crippen molar-refractivity contribution in [2.45, 2.75) is 364 Å². The Labute approximate surface area is 481 Å². The highest BCUT2D eigenvalue weighted by Gasteiger charge is 2.51. The first-order chi connectivity index (χ1) is 38.6. The molecule has 0 aliphatic carbocycles. The van der Waals surface area contributed by atoms with Crippen LogP contribution in [0.25, 0.3) is 0 Å². The van der Waals surface area contributed by atoms with Crippen molar-refractivity contribution in [1.29, 1.82) is 0 Å². The largest absolute Gasteiger partial charge is 0.394 e. The second kappa shape index (κ2) is 50.9. The van der Waals surface area contributed by atoms with Crippen molar-refractivity contribution >= 4 is 5.91 Å². The van der Waals surface area contributed by atoms with Gasteiger partial charge in [0.2, 0.25) is 5.91 Å². The monoisotopic (exact) mass is 1130 g/mol. The zero-order valence-electron chi connectivity index (χ0n) is 50.4. The summed E-state index contributed by atoms with van der Waals surface area (Å²) in [6.45, 7) is 2.89. The van der Waals surface area contributed by atoms with Gasteiger partial charge in [-0.3, -0.25) is 4.79 Å². The molecule has 0 aromatic heterocycles. The van der Waals surface area contributed by atoms with Crippen LogP contribution in [0.15, 0.2) is 24.3 Å². The van der Waals surface area contributed by atoms with E-state index in [9.17, 15) is 45.6 Å². The molecule has 2 saturated heterocycles. The predicted octanol–water partition coefficient (Wildman–Crippen LogP) is 12.4. The van der Waals surface area contributed by atoms with E-state index in [1.54, 1.807) is 0 Å². The van der Waals surface area contributed by atoms with Crippen molar-refractivity contribution in [3.05, 3.63) is 24.3 Å². The maximum Gasteiger partial charge on any atom is 0.220 e. The maximum atomic E-state index is 13.3. The van der Waals surface area contributed by atoms with Crippen LogP contribution in [0.3, 0.4) is 0 Å². The van der Waals surface area contributed by atoms with Gasteiger partial charge in [-0.05, 0) is 44.9 Å². The van der Waals surface area contributed by atoms with Crippen LogP contribution in [0.4, 0.5) is 0 Å². The number of carbonyl (C=O) groups excluding carboxylic acids is 1. The van der Waals surface area contributed by atoms with Crippen LogP contribution in [-0.4, -0.2) is 140 Å². The molecule has 0 radical (unpaired) electrons. The molecule has 12 atom stereocenters. The van der Waals surface area contributed by atoms with E-state index in [-0.39, 0.29) is 12.5 Å². The first-order valence-corrected chi connectivity index (χ1v) is 33.1. The molecule has 0 aromatic carbocycles. The summed E-state index contributed by atoms with van der Waals surface area (Å²) in [5, 5.41) is 87.5. The molecular weight excluding hydrogens is 1000 g/mol. The van der Waals surface area contributed by atoms with E-state index in [0.717, 1.165) is 64.2 Å². The predicted molar refractivity (Wildman–Crippen MR) is 318 cm³/mol. The van der Waals surface area contributed by atoms with Crippen LogP contribution in [-0.2, 0) is 23.7 Å². The van der Waals surface area contributed by atoms with Crippen molar-refractivity contribution in [3.8, 4) is 0 Å². The molecule has 2 aliphatic rings. The molecular formula is C65H123NO13. The Bertz CT molecular complexity index is 1420. The molecule has 0 aromatic rings. The lowest BCUT2D eigenvalue weighted by Crippen LogP contribution is -2.65. The Hall–Kier alpha value is -1.53. The molecule has 12 unspecified atom stereocenters. The molecule has 1 amide bonds. The van der Waals surface area contributed by atoms with Crippen molar-refractivity contribution < 1.29 is 64.6 Å². The Kier molecular flexibility index (Phi) is 47.4. The SMILES string of the molecule is CCCCCCC/C=C\C/C=C\CCCCCCCCCCCC(=O)NC(COC1OC(CO)C(OC2OC(CO)C(O)C(O)C2O)C(O)C1O)C(O)CCCCCCCCCCCCCCCCCCCCCCCCCC. The fourth-order valence-electron chi connectivity index (χ4n) is 11.1. The minimum absolute atomic E-state index is 0.207. The van der Waals surface area contributed by atoms with E-state index in [1.165, 1.54) is 199 Å². The van der Waals surface area contributed by atoms with E-state index in [0.29, 0.717) is 12.8 Å². The molecule has 0 saturated carbocycles. The summed E-state index contributed by atoms with van der Waals surface area (Å²) in [5.41, 5.74) is 0. The minimum atomic E-state index is -1.78. The highest BCUT2D eigenvalue weighted by molar-refractivity contribution is 5.76. The summed E-state index contributed by atoms with van der Waals surface area (Å²) >= 11 is 0. The van der Waals surface area contributed by atoms with E-state index in [1.807, 2.05) is 0 Å². The summed E-state index contributed by atoms with van der Waals surface area (Å²) in [6, 6.07) is -0.831. The highest BCUT2D eigenvalue weighted by Crippen LogP contribution is 2.30. The second-order valence-electron chi connectivity index (χ2n) is 23.6. The fourth-order valence-corrected chi connectivity index (χ4v) is 11.1. The number of aliphatic hydroxyl groups is 8. The molecule has 14 heteroatoms. The van der Waals surface area contributed by atoms with Crippen LogP contribution < -0.4 is 5.32 Å². The first kappa shape index (κ1) is 73.6. The third-order valence-corrected chi connectivity index (χ3v) is 16.4. The van der Waals surface area contributed by atoms with Crippen LogP contribution in [0, 0.1) is 0 Å². The maximum absolute atomic E-state index is 13.3. The quantitative estimate of drug-likeness (QED) is 0.0204. The number of nitrogens with one attached hydrogen (secondary N) is 1. The first-order valence-electron chi connectivity index (χ1n) is 33.1. The Morgan fingerprint density at radius 3 is 1.27 bits per heavy atom. The van der Waals surface area contributed by atoms with Gasteiger partial charge < -0.3 is 65.1 Å². The molecule has 79 heavy (non-hydrogen) atoms. The number of carbonyl (C=O) groups is 1. The van der Waals surface area contributed by atoms with E-state index in [4.69, 9.17) is 18.9 Å². The number of ether oxygens (including phenoxy) is 4. The zero-order valence-corrected chi connectivity index (χ0v) is 50.4. The summed E-state index contributed by atoms with van der Waals surface area (Å²) < 4.78 is 22.9. The fraction of sp³-hybridized carbons (Fsp3) is 0.923. The highest BCUT2D eigenvalue weighted by atomic mass is 16.7. The van der Waals surface area contributed by atoms with Gasteiger partial charge in [0.15, 0.2) is 12.6 Å². The van der Waals surface area contributed by atoms with Gasteiger partial charge >= 0.3 is 0 Å². The van der Waals surface area contributed by atoms with E-state index in [2.05, 4.69) is 43.5 Å². The lowest BCUT2D eigenvalue weighted by molar-refractivity contribution is -0.359. The average molecular weight is 1130 g/mol. The molecule has 2 heterocycles. The zero-order chi connectivity index (χ0) is 57.4. The molecule has 9 N–H and O–H groups in total. The topological polar surface area (TPSA) is 228 Å². The Morgan fingerprint density at radius 1 is 0.456 bits per heavy atom. The summed E-state index contributed by atoms with van der Waals surface area (Å²) in [7, 11) is 0. The number of rotatable bonds is 54. The summed E-state index contributed by atoms with van der Waals surface area (Å²) in [4.78, 5) is 13.3. The normalized spacial score (nSPS) is 24.5. The minimum Gasteiger partial charge on any atom is -0.394 e. The Balaban J connectivity index is 1.71. The number of aliphatic hydroxyl groups excluding tert-OH is 8. The van der Waals surface area contributed by atoms with Crippen molar-refractivity contribution in [2.75, 3.05) is 19.8 Å². The molecule has 0 bridgehead atoms. The van der Waals surface area contributed by atoms with Gasteiger partial charge in [0.25, 0.3) is 0 Å². The van der Waals surface area contributed by atoms with Gasteiger partial charge in [-0.1, -0.05) is 263 Å². The third kappa shape index (κ3) is 36.0. The summed E-state index contributed by atoms with van der Waals surface area (Å²) in [6.07, 6.45) is 44.6. The lowest BCUT2D eigenvalue weighted by atomic mass is 9.97. The number of amides is 1. The number of allylic oxidation sites excluding steroid dienone is 4. The van der Waals surface area contributed by atoms with Crippen LogP contribution in [0.2, 0.25) is 0 Å². The van der Waals surface area contributed by atoms with Crippen molar-refractivity contribution in [2.24, 2.45) is 0 Å². The van der Waals surface area contributed by atoms with Crippen LogP contribution in [0.1, 0.15) is 290 Å². The summed E-state index contributed by atoms with van der Waals surface area (Å²) in [5.74, 6) is -0.207. The van der Waals surface area contributed by atoms with Crippen molar-refractivity contribution in [1.82, 2.24) is 5.32 Å². The number of unbranched alkanes of at least 4 members (excludes halogenated alkanes) is 37. The number of hydrogen-bond acceptors (Lipinski definition) is 13. The van der Waals surface area contributed by atoms with Gasteiger partial charge in [-0.25, -0.2) is 0 Å². The molecule has 2 aliphatic heterocycles. The van der Waals surface area contributed by atoms with Crippen LogP contribution >= 0.6 is 0 Å². The van der Waals surface area contributed by atoms with Gasteiger partial charge in [0, 0.05) is 6.42 Å². The molecule has 2 rings (SSSR count). The Morgan fingerprint density at radius 2 is 0.835 bits per heavy atom. The molecule has 14 nitrogen and oxygen atoms in total. The number of hydrogen-bond donors (Lipinski definition) is 9. The average Bonchev–Trinajstić information content (AvgIpc) is 3.47. The second-order valence-corrected chi connectivity index (χ2v) is 23.6. The van der Waals surface area contributed by atoms with Gasteiger partial charge in [0.05, 0.1) is 32.0 Å². The van der Waals surface area contributed by atoms with E-state index < -0.39 is 86.8 Å². The third-order valence-electron chi connectivity index (χ3n) is 16.4. The van der Waals surface area contributed by atoms with Crippen molar-refractivity contribution in [3.63, 3.8) is 0 Å². The van der Waals surface area contributed by atoms with Gasteiger partial charge in [0.1, 0.15) is 48.8 Å². The molecule has 466 valence electrons. The molecule has 2 fully saturated rings. The lowest BCUT2D eigenvalue weighted by Gasteiger charge is -2.46. The van der Waals surface area contributed by atoms with Gasteiger partial charge in [-0.15, -0.1) is 0 Å². The standard InChI is InChI=1S/C65H123NO13/c1-3-5-7-9-11-13-15-17-19-21-23-25-26-27-29-30-32-34-36-38-40-42-44-46-48-54(69)53(52-76-64-62(75)60(73)63(56(51-68)78-64)79-65-61(74)59(72)58(71)55(50-67)77-65)66-57(70)49-47-45-43-41-39-37-35-33-31-28-24-22-20-18-16-14-12-10-8-6-4-2/h16,18,22,24,53-56,58-65,67-69,71-75H,3-15,17,19-21,23,25-52H2,1-2H3,(H,66,70)/b18-16-,24-22-. The molecule has 0 spiro atoms. The van der Waals surface area contributed by atoms with Gasteiger partial charge in [-0.2, -0.15) is 0 Å². The smallest absolute Gasteiger partial charge is 0.220 e.